The van der Waals surface area contributed by atoms with E-state index in [9.17, 15) is 4.39 Å². The molecule has 0 heterocycles. The van der Waals surface area contributed by atoms with Crippen molar-refractivity contribution in [2.24, 2.45) is 4.99 Å². The smallest absolute Gasteiger partial charge is 0.150 e. The molecule has 0 spiro atoms. The summed E-state index contributed by atoms with van der Waals surface area (Å²) in [4.78, 5) is 4.92. The molecule has 30 heavy (non-hydrogen) atoms. The molecule has 0 aromatic heterocycles. The quantitative estimate of drug-likeness (QED) is 0.198. The van der Waals surface area contributed by atoms with Crippen LogP contribution in [0, 0.1) is 36.4 Å². The van der Waals surface area contributed by atoms with E-state index in [2.05, 4.69) is 65.1 Å². The van der Waals surface area contributed by atoms with E-state index in [1.54, 1.807) is 6.07 Å². The van der Waals surface area contributed by atoms with Crippen LogP contribution in [-0.2, 0) is 0 Å². The summed E-state index contributed by atoms with van der Waals surface area (Å²) in [6.45, 7) is 4.13. The Morgan fingerprint density at radius 1 is 0.867 bits per heavy atom. The maximum Gasteiger partial charge on any atom is 0.150 e. The predicted molar refractivity (Wildman–Crippen MR) is 127 cm³/mol. The van der Waals surface area contributed by atoms with Gasteiger partial charge < -0.3 is 0 Å². The molecule has 0 amide bonds. The number of thioether (sulfide) groups is 1. The fourth-order valence-electron chi connectivity index (χ4n) is 2.69. The van der Waals surface area contributed by atoms with Crippen LogP contribution in [0.1, 0.15) is 34.7 Å². The summed E-state index contributed by atoms with van der Waals surface area (Å²) in [5.41, 5.74) is 4.55. The van der Waals surface area contributed by atoms with Gasteiger partial charge in [0.15, 0.2) is 5.82 Å². The number of hydrogen-bond acceptors (Lipinski definition) is 3. The van der Waals surface area contributed by atoms with Gasteiger partial charge in [0.05, 0.1) is 5.16 Å². The Hall–Kier alpha value is -3.14. The first kappa shape index (κ1) is 21.6. The molecule has 0 unspecified atom stereocenters. The van der Waals surface area contributed by atoms with Gasteiger partial charge in [0, 0.05) is 27.1 Å². The fourth-order valence-corrected chi connectivity index (χ4v) is 3.45. The van der Waals surface area contributed by atoms with Crippen molar-refractivity contribution in [3.8, 4) is 23.7 Å². The highest BCUT2D eigenvalue weighted by Gasteiger charge is 2.01. The minimum Gasteiger partial charge on any atom is -0.205 e. The Labute approximate surface area is 186 Å². The maximum atomic E-state index is 13.9. The van der Waals surface area contributed by atoms with Crippen LogP contribution in [0.5, 0.6) is 0 Å². The van der Waals surface area contributed by atoms with E-state index in [0.29, 0.717) is 5.56 Å². The van der Waals surface area contributed by atoms with Crippen molar-refractivity contribution in [2.75, 3.05) is 5.75 Å². The molecule has 0 aliphatic heterocycles. The van der Waals surface area contributed by atoms with Gasteiger partial charge in [-0.2, -0.15) is 4.99 Å². The zero-order chi connectivity index (χ0) is 21.3. The summed E-state index contributed by atoms with van der Waals surface area (Å²) >= 11 is 6.32. The second-order valence-electron chi connectivity index (χ2n) is 6.36. The van der Waals surface area contributed by atoms with Crippen LogP contribution >= 0.6 is 24.0 Å². The van der Waals surface area contributed by atoms with E-state index in [1.165, 1.54) is 17.0 Å². The van der Waals surface area contributed by atoms with Crippen LogP contribution in [0.4, 0.5) is 10.1 Å². The Kier molecular flexibility index (Phi) is 7.61. The van der Waals surface area contributed by atoms with Crippen LogP contribution < -0.4 is 0 Å². The van der Waals surface area contributed by atoms with Crippen molar-refractivity contribution in [2.45, 2.75) is 18.7 Å². The molecular weight excluding hydrogens is 409 g/mol. The lowest BCUT2D eigenvalue weighted by atomic mass is 10.0. The lowest BCUT2D eigenvalue weighted by molar-refractivity contribution is 0.629. The number of rotatable bonds is 3. The lowest BCUT2D eigenvalue weighted by Crippen LogP contribution is -1.85. The third-order valence-electron chi connectivity index (χ3n) is 4.20. The first-order valence-electron chi connectivity index (χ1n) is 9.34. The molecule has 0 N–H and O–H groups in total. The normalized spacial score (nSPS) is 9.57. The van der Waals surface area contributed by atoms with Crippen molar-refractivity contribution in [1.29, 1.82) is 0 Å². The molecule has 0 radical (unpaired) electrons. The van der Waals surface area contributed by atoms with E-state index < -0.39 is 5.82 Å². The molecule has 4 heteroatoms. The molecule has 0 aliphatic carbocycles. The van der Waals surface area contributed by atoms with Gasteiger partial charge in [-0.3, -0.25) is 0 Å². The number of isothiocyanates is 1. The van der Waals surface area contributed by atoms with Crippen LogP contribution in [0.3, 0.4) is 0 Å². The molecule has 3 rings (SSSR count). The first-order chi connectivity index (χ1) is 14.6. The monoisotopic (exact) mass is 427 g/mol. The number of aryl methyl sites for hydroxylation is 1. The van der Waals surface area contributed by atoms with Crippen molar-refractivity contribution >= 4 is 34.8 Å². The molecule has 146 valence electrons. The first-order valence-corrected chi connectivity index (χ1v) is 10.7. The molecule has 0 fully saturated rings. The Morgan fingerprint density at radius 2 is 1.50 bits per heavy atom. The number of halogens is 1. The van der Waals surface area contributed by atoms with Crippen LogP contribution in [-0.4, -0.2) is 10.9 Å². The van der Waals surface area contributed by atoms with Gasteiger partial charge in [-0.1, -0.05) is 30.6 Å². The van der Waals surface area contributed by atoms with Gasteiger partial charge in [-0.15, -0.1) is 11.8 Å². The van der Waals surface area contributed by atoms with E-state index in [-0.39, 0.29) is 5.69 Å². The fraction of sp³-hybridized carbons (Fsp3) is 0.115. The van der Waals surface area contributed by atoms with Crippen molar-refractivity contribution in [3.63, 3.8) is 0 Å². The third-order valence-corrected chi connectivity index (χ3v) is 5.18. The predicted octanol–water partition coefficient (Wildman–Crippen LogP) is 6.78. The highest BCUT2D eigenvalue weighted by atomic mass is 32.2. The molecule has 3 aromatic rings. The van der Waals surface area contributed by atoms with Crippen molar-refractivity contribution in [1.82, 2.24) is 0 Å². The number of aliphatic imine (C=N–C) groups is 1. The Bertz CT molecular complexity index is 1230. The van der Waals surface area contributed by atoms with Gasteiger partial charge in [0.25, 0.3) is 0 Å². The molecule has 0 atom stereocenters. The van der Waals surface area contributed by atoms with E-state index in [4.69, 9.17) is 0 Å². The SMILES string of the molecule is CCSc1ccc(C#Cc2ccc(C#Cc3ccc(N=C=S)c(F)c3)c(C)c2)cc1. The van der Waals surface area contributed by atoms with Gasteiger partial charge in [0.2, 0.25) is 0 Å². The summed E-state index contributed by atoms with van der Waals surface area (Å²) in [7, 11) is 0. The van der Waals surface area contributed by atoms with E-state index in [1.807, 2.05) is 49.0 Å². The zero-order valence-electron chi connectivity index (χ0n) is 16.6. The Morgan fingerprint density at radius 3 is 2.17 bits per heavy atom. The number of nitrogens with zero attached hydrogens (tertiary/aromatic N) is 1. The molecule has 3 aromatic carbocycles. The maximum absolute atomic E-state index is 13.9. The second kappa shape index (κ2) is 10.6. The molecule has 0 aliphatic rings. The minimum atomic E-state index is -0.470. The van der Waals surface area contributed by atoms with Crippen LogP contribution in [0.25, 0.3) is 0 Å². The van der Waals surface area contributed by atoms with E-state index >= 15 is 0 Å². The number of hydrogen-bond donors (Lipinski definition) is 0. The third kappa shape index (κ3) is 5.93. The average Bonchev–Trinajstić information content (AvgIpc) is 2.75. The lowest BCUT2D eigenvalue weighted by Gasteiger charge is -2.00. The number of benzene rings is 3. The van der Waals surface area contributed by atoms with Crippen molar-refractivity contribution < 1.29 is 4.39 Å². The average molecular weight is 428 g/mol. The van der Waals surface area contributed by atoms with E-state index in [0.717, 1.165) is 28.0 Å². The van der Waals surface area contributed by atoms with Gasteiger partial charge in [-0.05, 0) is 91.1 Å². The minimum absolute atomic E-state index is 0.161. The topological polar surface area (TPSA) is 12.4 Å². The van der Waals surface area contributed by atoms with Crippen LogP contribution in [0.2, 0.25) is 0 Å². The second-order valence-corrected chi connectivity index (χ2v) is 7.88. The standard InChI is InChI=1S/C26H18FNS2/c1-3-30-24-13-8-20(9-14-24)4-5-21-6-11-23(19(2)16-21)12-7-22-10-15-26(28-18-29)25(27)17-22/h6,8-11,13-17H,3H2,1-2H3. The summed E-state index contributed by atoms with van der Waals surface area (Å²) in [6, 6.07) is 18.8. The van der Waals surface area contributed by atoms with Gasteiger partial charge >= 0.3 is 0 Å². The summed E-state index contributed by atoms with van der Waals surface area (Å²) in [5.74, 6) is 13.1. The van der Waals surface area contributed by atoms with Gasteiger partial charge in [0.1, 0.15) is 5.69 Å². The molecule has 1 nitrogen and oxygen atoms in total. The molecular formula is C26H18FNS2. The largest absolute Gasteiger partial charge is 0.205 e. The molecule has 0 bridgehead atoms. The summed E-state index contributed by atoms with van der Waals surface area (Å²) in [6.07, 6.45) is 0. The van der Waals surface area contributed by atoms with Crippen LogP contribution in [0.15, 0.2) is 70.6 Å². The summed E-state index contributed by atoms with van der Waals surface area (Å²) in [5, 5.41) is 2.16. The summed E-state index contributed by atoms with van der Waals surface area (Å²) < 4.78 is 13.9. The Balaban J connectivity index is 1.76. The van der Waals surface area contributed by atoms with Crippen molar-refractivity contribution in [3.05, 3.63) is 94.3 Å². The van der Waals surface area contributed by atoms with Gasteiger partial charge in [-0.25, -0.2) is 4.39 Å². The zero-order valence-corrected chi connectivity index (χ0v) is 18.3. The molecule has 0 saturated carbocycles. The molecule has 0 saturated heterocycles. The number of thiocarbonyl (C=S) groups is 1. The highest BCUT2D eigenvalue weighted by molar-refractivity contribution is 7.99. The highest BCUT2D eigenvalue weighted by Crippen LogP contribution is 2.19.